The minimum Gasteiger partial charge on any atom is -0.480 e. The first-order valence-electron chi connectivity index (χ1n) is 3.93. The lowest BCUT2D eigenvalue weighted by Gasteiger charge is -2.06. The van der Waals surface area contributed by atoms with Crippen LogP contribution in [0.3, 0.4) is 0 Å². The summed E-state index contributed by atoms with van der Waals surface area (Å²) in [4.78, 5) is 10.4. The van der Waals surface area contributed by atoms with E-state index in [-0.39, 0.29) is 6.42 Å². The first-order valence-corrected chi connectivity index (χ1v) is 4.72. The summed E-state index contributed by atoms with van der Waals surface area (Å²) in [6.07, 6.45) is 0.125. The Morgan fingerprint density at radius 3 is 2.79 bits per heavy atom. The maximum atomic E-state index is 13.0. The zero-order valence-corrected chi connectivity index (χ0v) is 8.79. The number of nitrogens with two attached hydrogens (primary N) is 1. The number of hydrogen-bond donors (Lipinski definition) is 2. The molecule has 76 valence electrons. The van der Waals surface area contributed by atoms with Crippen LogP contribution in [0.25, 0.3) is 0 Å². The van der Waals surface area contributed by atoms with Gasteiger partial charge in [-0.05, 0) is 40.0 Å². The molecular formula is C9H9BrFNO2. The van der Waals surface area contributed by atoms with Crippen molar-refractivity contribution in [1.29, 1.82) is 0 Å². The Kier molecular flexibility index (Phi) is 3.60. The number of carboxylic acid groups (broad SMARTS) is 1. The summed E-state index contributed by atoms with van der Waals surface area (Å²) >= 11 is 3.00. The van der Waals surface area contributed by atoms with E-state index in [1.807, 2.05) is 0 Å². The molecule has 0 radical (unpaired) electrons. The van der Waals surface area contributed by atoms with Gasteiger partial charge in [-0.25, -0.2) is 4.39 Å². The number of carboxylic acids is 1. The molecule has 0 heterocycles. The molecule has 0 fully saturated rings. The SMILES string of the molecule is NC(Cc1ccc(Br)c(F)c1)C(=O)O. The smallest absolute Gasteiger partial charge is 0.320 e. The van der Waals surface area contributed by atoms with Gasteiger partial charge in [0.1, 0.15) is 11.9 Å². The zero-order valence-electron chi connectivity index (χ0n) is 7.21. The second-order valence-corrected chi connectivity index (χ2v) is 3.75. The van der Waals surface area contributed by atoms with Gasteiger partial charge in [0.25, 0.3) is 0 Å². The molecule has 14 heavy (non-hydrogen) atoms. The Hall–Kier alpha value is -0.940. The highest BCUT2D eigenvalue weighted by molar-refractivity contribution is 9.10. The van der Waals surface area contributed by atoms with Crippen molar-refractivity contribution in [2.24, 2.45) is 5.73 Å². The van der Waals surface area contributed by atoms with Crippen molar-refractivity contribution in [3.63, 3.8) is 0 Å². The summed E-state index contributed by atoms with van der Waals surface area (Å²) in [6, 6.07) is 3.44. The van der Waals surface area contributed by atoms with E-state index in [9.17, 15) is 9.18 Å². The van der Waals surface area contributed by atoms with Gasteiger partial charge < -0.3 is 10.8 Å². The third kappa shape index (κ3) is 2.78. The molecule has 1 unspecified atom stereocenters. The summed E-state index contributed by atoms with van der Waals surface area (Å²) in [6.45, 7) is 0. The van der Waals surface area contributed by atoms with Crippen LogP contribution in [0.1, 0.15) is 5.56 Å². The Bertz CT molecular complexity index is 357. The molecular weight excluding hydrogens is 253 g/mol. The van der Waals surface area contributed by atoms with Crippen LogP contribution in [0.5, 0.6) is 0 Å². The average Bonchev–Trinajstić information content (AvgIpc) is 2.11. The third-order valence-electron chi connectivity index (χ3n) is 1.76. The molecule has 0 aromatic heterocycles. The van der Waals surface area contributed by atoms with E-state index < -0.39 is 17.8 Å². The largest absolute Gasteiger partial charge is 0.480 e. The average molecular weight is 262 g/mol. The first-order chi connectivity index (χ1) is 6.50. The molecule has 0 aliphatic rings. The van der Waals surface area contributed by atoms with E-state index in [1.165, 1.54) is 12.1 Å². The Morgan fingerprint density at radius 2 is 2.29 bits per heavy atom. The van der Waals surface area contributed by atoms with Gasteiger partial charge in [-0.15, -0.1) is 0 Å². The van der Waals surface area contributed by atoms with Crippen LogP contribution in [-0.2, 0) is 11.2 Å². The zero-order chi connectivity index (χ0) is 10.7. The van der Waals surface area contributed by atoms with Gasteiger partial charge in [-0.3, -0.25) is 4.79 Å². The number of rotatable bonds is 3. The fraction of sp³-hybridized carbons (Fsp3) is 0.222. The van der Waals surface area contributed by atoms with Crippen molar-refractivity contribution < 1.29 is 14.3 Å². The number of aliphatic carboxylic acids is 1. The van der Waals surface area contributed by atoms with Gasteiger partial charge in [0.05, 0.1) is 4.47 Å². The summed E-state index contributed by atoms with van der Waals surface area (Å²) in [5.74, 6) is -1.51. The summed E-state index contributed by atoms with van der Waals surface area (Å²) in [7, 11) is 0. The van der Waals surface area contributed by atoms with E-state index in [2.05, 4.69) is 15.9 Å². The maximum absolute atomic E-state index is 13.0. The van der Waals surface area contributed by atoms with Crippen molar-refractivity contribution in [2.45, 2.75) is 12.5 Å². The molecule has 0 saturated heterocycles. The Labute approximate surface area is 88.9 Å². The van der Waals surface area contributed by atoms with Gasteiger partial charge in [-0.1, -0.05) is 6.07 Å². The van der Waals surface area contributed by atoms with E-state index in [0.717, 1.165) is 0 Å². The molecule has 0 amide bonds. The maximum Gasteiger partial charge on any atom is 0.320 e. The summed E-state index contributed by atoms with van der Waals surface area (Å²) < 4.78 is 13.3. The summed E-state index contributed by atoms with van der Waals surface area (Å²) in [5.41, 5.74) is 5.87. The highest BCUT2D eigenvalue weighted by atomic mass is 79.9. The molecule has 3 nitrogen and oxygen atoms in total. The van der Waals surface area contributed by atoms with Gasteiger partial charge in [0.15, 0.2) is 0 Å². The quantitative estimate of drug-likeness (QED) is 0.868. The molecule has 1 atom stereocenters. The van der Waals surface area contributed by atoms with Crippen molar-refractivity contribution in [1.82, 2.24) is 0 Å². The highest BCUT2D eigenvalue weighted by Crippen LogP contribution is 2.16. The van der Waals surface area contributed by atoms with Crippen molar-refractivity contribution in [3.05, 3.63) is 34.1 Å². The molecule has 0 bridgehead atoms. The van der Waals surface area contributed by atoms with Crippen molar-refractivity contribution >= 4 is 21.9 Å². The fourth-order valence-corrected chi connectivity index (χ4v) is 1.25. The molecule has 0 spiro atoms. The lowest BCUT2D eigenvalue weighted by Crippen LogP contribution is -2.32. The number of benzene rings is 1. The predicted octanol–water partition coefficient (Wildman–Crippen LogP) is 1.54. The van der Waals surface area contributed by atoms with Crippen LogP contribution in [0.4, 0.5) is 4.39 Å². The van der Waals surface area contributed by atoms with Crippen LogP contribution >= 0.6 is 15.9 Å². The molecule has 0 saturated carbocycles. The molecule has 5 heteroatoms. The van der Waals surface area contributed by atoms with E-state index >= 15 is 0 Å². The number of hydrogen-bond acceptors (Lipinski definition) is 2. The molecule has 0 aliphatic carbocycles. The second-order valence-electron chi connectivity index (χ2n) is 2.90. The molecule has 0 aliphatic heterocycles. The van der Waals surface area contributed by atoms with Crippen LogP contribution in [0, 0.1) is 5.82 Å². The highest BCUT2D eigenvalue weighted by Gasteiger charge is 2.12. The van der Waals surface area contributed by atoms with E-state index in [1.54, 1.807) is 6.07 Å². The number of carbonyl (C=O) groups is 1. The lowest BCUT2D eigenvalue weighted by atomic mass is 10.1. The second kappa shape index (κ2) is 4.52. The Morgan fingerprint density at radius 1 is 1.64 bits per heavy atom. The van der Waals surface area contributed by atoms with Gasteiger partial charge in [-0.2, -0.15) is 0 Å². The van der Waals surface area contributed by atoms with Crippen molar-refractivity contribution in [2.75, 3.05) is 0 Å². The fourth-order valence-electron chi connectivity index (χ4n) is 1.01. The minimum absolute atomic E-state index is 0.125. The molecule has 1 rings (SSSR count). The topological polar surface area (TPSA) is 63.3 Å². The normalized spacial score (nSPS) is 12.5. The Balaban J connectivity index is 2.78. The molecule has 1 aromatic rings. The predicted molar refractivity (Wildman–Crippen MR) is 53.4 cm³/mol. The first kappa shape index (κ1) is 11.1. The monoisotopic (exact) mass is 261 g/mol. The van der Waals surface area contributed by atoms with Crippen molar-refractivity contribution in [3.8, 4) is 0 Å². The number of halogens is 2. The van der Waals surface area contributed by atoms with E-state index in [4.69, 9.17) is 10.8 Å². The van der Waals surface area contributed by atoms with Gasteiger partial charge in [0, 0.05) is 0 Å². The van der Waals surface area contributed by atoms with Gasteiger partial charge in [0.2, 0.25) is 0 Å². The lowest BCUT2D eigenvalue weighted by molar-refractivity contribution is -0.138. The van der Waals surface area contributed by atoms with Gasteiger partial charge >= 0.3 is 5.97 Å². The third-order valence-corrected chi connectivity index (χ3v) is 2.40. The van der Waals surface area contributed by atoms with Crippen LogP contribution < -0.4 is 5.73 Å². The van der Waals surface area contributed by atoms with Crippen LogP contribution in [-0.4, -0.2) is 17.1 Å². The van der Waals surface area contributed by atoms with Crippen LogP contribution in [0.2, 0.25) is 0 Å². The minimum atomic E-state index is -1.09. The summed E-state index contributed by atoms with van der Waals surface area (Å²) in [5, 5.41) is 8.54. The molecule has 3 N–H and O–H groups in total. The standard InChI is InChI=1S/C9H9BrFNO2/c10-6-2-1-5(3-7(6)11)4-8(12)9(13)14/h1-3,8H,4,12H2,(H,13,14). The van der Waals surface area contributed by atoms with E-state index in [0.29, 0.717) is 10.0 Å². The molecule has 1 aromatic carbocycles. The van der Waals surface area contributed by atoms with Crippen LogP contribution in [0.15, 0.2) is 22.7 Å².